The summed E-state index contributed by atoms with van der Waals surface area (Å²) in [6.45, 7) is 0. The summed E-state index contributed by atoms with van der Waals surface area (Å²) in [6, 6.07) is 181. The molecule has 12 nitrogen and oxygen atoms in total. The third-order valence-electron chi connectivity index (χ3n) is 30.5. The molecule has 0 amide bonds. The van der Waals surface area contributed by atoms with Crippen LogP contribution in [0.1, 0.15) is 22.3 Å². The van der Waals surface area contributed by atoms with Crippen LogP contribution in [0.2, 0.25) is 0 Å². The van der Waals surface area contributed by atoms with Gasteiger partial charge in [-0.05, 0) is 166 Å². The predicted octanol–water partition coefficient (Wildman–Crippen LogP) is 34.3. The van der Waals surface area contributed by atoms with E-state index in [9.17, 15) is 21.0 Å². The average Bonchev–Trinajstić information content (AvgIpc) is 1.50. The molecule has 0 saturated heterocycles. The van der Waals surface area contributed by atoms with E-state index in [0.717, 1.165) is 219 Å². The zero-order valence-corrected chi connectivity index (χ0v) is 79.6. The number of rotatable bonds is 12. The Bertz CT molecular complexity index is 9710. The number of para-hydroxylation sites is 12. The van der Waals surface area contributed by atoms with Crippen molar-refractivity contribution in [3.8, 4) is 114 Å². The molecule has 30 aromatic rings. The number of benzene rings is 22. The minimum absolute atomic E-state index is 0.397. The van der Waals surface area contributed by atoms with E-state index in [0.29, 0.717) is 67.8 Å². The van der Waals surface area contributed by atoms with Crippen molar-refractivity contribution < 1.29 is 0 Å². The number of nitrogens with zero attached hydrogens (tertiary/aromatic N) is 12. The smallest absolute Gasteiger partial charge is 0.104 e. The summed E-state index contributed by atoms with van der Waals surface area (Å²) in [6.07, 6.45) is 0. The summed E-state index contributed by atoms with van der Waals surface area (Å²) in [5, 5.41) is 67.2. The van der Waals surface area contributed by atoms with E-state index in [1.165, 1.54) is 0 Å². The highest BCUT2D eigenvalue weighted by Crippen LogP contribution is 2.54. The lowest BCUT2D eigenvalue weighted by molar-refractivity contribution is 1.02. The lowest BCUT2D eigenvalue weighted by atomic mass is 9.98. The maximum atomic E-state index is 13.0. The van der Waals surface area contributed by atoms with Gasteiger partial charge in [0.15, 0.2) is 0 Å². The second-order valence-electron chi connectivity index (χ2n) is 38.0. The molecule has 0 aliphatic rings. The summed E-state index contributed by atoms with van der Waals surface area (Å²) in [5.74, 6) is 0. The Morgan fingerprint density at radius 1 is 0.108 bits per heavy atom. The highest BCUT2D eigenvalue weighted by molar-refractivity contribution is 6.21. The first-order chi connectivity index (χ1) is 73.4. The molecule has 8 aromatic heterocycles. The van der Waals surface area contributed by atoms with Crippen molar-refractivity contribution in [1.29, 1.82) is 21.0 Å². The summed E-state index contributed by atoms with van der Waals surface area (Å²) in [4.78, 5) is 0. The van der Waals surface area contributed by atoms with E-state index < -0.39 is 0 Å². The van der Waals surface area contributed by atoms with Crippen LogP contribution in [0.3, 0.4) is 0 Å². The lowest BCUT2D eigenvalue weighted by Crippen LogP contribution is -2.16. The van der Waals surface area contributed by atoms with Gasteiger partial charge in [-0.25, -0.2) is 0 Å². The Labute approximate surface area is 847 Å². The minimum Gasteiger partial charge on any atom is -0.306 e. The van der Waals surface area contributed by atoms with E-state index in [1.807, 2.05) is 0 Å². The molecule has 0 unspecified atom stereocenters. The normalized spacial score (nSPS) is 11.8. The Balaban J connectivity index is 0.000000147. The number of hydrogen-bond acceptors (Lipinski definition) is 4. The number of aromatic nitrogens is 8. The highest BCUT2D eigenvalue weighted by atomic mass is 15.1. The van der Waals surface area contributed by atoms with Crippen molar-refractivity contribution in [3.63, 3.8) is 0 Å². The summed E-state index contributed by atoms with van der Waals surface area (Å²) in [7, 11) is 0. The molecule has 0 atom stereocenters. The second-order valence-corrected chi connectivity index (χ2v) is 38.0. The SMILES string of the molecule is N#Cc1c(-n2c3ccccc3c3ccccc32)c(-n2c3ccc(-c4ccccc4)cc3c3cc(-c4ccccc4)ccc32)c(C#N)c(-n2c3ccc(-c4ccccc4)cc3c3cc(-c4ccccc4)ccc32)c1-n1c2ccccc2c2ccccc21.N#Cc1c(-n2c3ccccc3c3ccccc32)c(-n2c3ccccc3c3ccccc32)c(C#N)c(-n2c3ccccc3c3ccccc32)c1-n1c2ccccc2c2ccccc21. The van der Waals surface area contributed by atoms with E-state index in [4.69, 9.17) is 0 Å². The first kappa shape index (κ1) is 84.1. The predicted molar refractivity (Wildman–Crippen MR) is 608 cm³/mol. The van der Waals surface area contributed by atoms with E-state index in [1.54, 1.807) is 0 Å². The van der Waals surface area contributed by atoms with Crippen molar-refractivity contribution in [2.24, 2.45) is 0 Å². The van der Waals surface area contributed by atoms with Gasteiger partial charge in [0.1, 0.15) is 46.5 Å². The van der Waals surface area contributed by atoms with Gasteiger partial charge in [-0.2, -0.15) is 21.0 Å². The fourth-order valence-corrected chi connectivity index (χ4v) is 24.3. The van der Waals surface area contributed by atoms with Gasteiger partial charge in [-0.15, -0.1) is 0 Å². The lowest BCUT2D eigenvalue weighted by Gasteiger charge is -2.27. The van der Waals surface area contributed by atoms with Gasteiger partial charge in [0.25, 0.3) is 0 Å². The molecule has 0 fully saturated rings. The molecule has 148 heavy (non-hydrogen) atoms. The van der Waals surface area contributed by atoms with Crippen LogP contribution in [-0.4, -0.2) is 36.5 Å². The molecular formula is C136H80N12. The molecule has 30 rings (SSSR count). The number of hydrogen-bond donors (Lipinski definition) is 0. The van der Waals surface area contributed by atoms with Crippen LogP contribution >= 0.6 is 0 Å². The van der Waals surface area contributed by atoms with Crippen molar-refractivity contribution in [1.82, 2.24) is 36.5 Å². The Hall–Kier alpha value is -20.8. The van der Waals surface area contributed by atoms with Crippen LogP contribution < -0.4 is 0 Å². The third-order valence-corrected chi connectivity index (χ3v) is 30.5. The van der Waals surface area contributed by atoms with Gasteiger partial charge < -0.3 is 36.5 Å². The van der Waals surface area contributed by atoms with Crippen LogP contribution in [-0.2, 0) is 0 Å². The molecule has 0 bridgehead atoms. The monoisotopic (exact) mass is 1880 g/mol. The Morgan fingerprint density at radius 3 is 0.351 bits per heavy atom. The quantitative estimate of drug-likeness (QED) is 0.120. The maximum Gasteiger partial charge on any atom is 0.104 e. The molecule has 8 heterocycles. The minimum atomic E-state index is 0.397. The van der Waals surface area contributed by atoms with E-state index in [2.05, 4.69) is 546 Å². The summed E-state index contributed by atoms with van der Waals surface area (Å²) in [5.41, 5.74) is 30.0. The number of fused-ring (bicyclic) bond motifs is 24. The largest absolute Gasteiger partial charge is 0.306 e. The van der Waals surface area contributed by atoms with Crippen molar-refractivity contribution in [2.75, 3.05) is 0 Å². The van der Waals surface area contributed by atoms with Gasteiger partial charge in [0, 0.05) is 86.2 Å². The molecular weight excluding hydrogens is 1800 g/mol. The van der Waals surface area contributed by atoms with Crippen molar-refractivity contribution in [2.45, 2.75) is 0 Å². The maximum absolute atomic E-state index is 13.0. The molecule has 0 saturated carbocycles. The van der Waals surface area contributed by atoms with Crippen LogP contribution in [0.5, 0.6) is 0 Å². The topological polar surface area (TPSA) is 135 Å². The van der Waals surface area contributed by atoms with Gasteiger partial charge in [-0.1, -0.05) is 364 Å². The first-order valence-electron chi connectivity index (χ1n) is 49.8. The second kappa shape index (κ2) is 33.4. The summed E-state index contributed by atoms with van der Waals surface area (Å²) >= 11 is 0. The fraction of sp³-hybridized carbons (Fsp3) is 0. The number of nitriles is 4. The van der Waals surface area contributed by atoms with Crippen LogP contribution in [0.25, 0.3) is 264 Å². The fourth-order valence-electron chi connectivity index (χ4n) is 24.3. The van der Waals surface area contributed by atoms with Crippen molar-refractivity contribution >= 4 is 174 Å². The molecule has 22 aromatic carbocycles. The van der Waals surface area contributed by atoms with Crippen LogP contribution in [0.4, 0.5) is 0 Å². The standard InChI is InChI=1S/C80H48N6.C56H32N6/c81-49-67-77(83-69-33-17-13-29-59(69)60-30-14-18-34-70(60)83)79(85-73-41-37-55(51-21-5-1-6-22-51)45-63(73)64-46-56(38-42-74(64)85)52-23-7-2-8-24-52)68(50-82)80(78(67)84-71-35-19-15-31-61(71)62-32-16-20-36-72(62)84)86-75-43-39-57(53-25-9-3-10-26-53)47-65(75)66-48-58(40-44-76(66)86)54-27-11-4-12-28-54;57-33-43-53(59-45-25-9-1-17-35(45)36-18-2-10-26-46(36)59)54(60-47-27-11-3-19-37(47)38-20-4-12-28-48(38)60)44(34-58)56(62-51-31-15-7-23-41(51)42-24-8-16-32-52(42)62)55(43)61-49-29-13-5-21-39(49)40-22-6-14-30-50(40)61/h1-48H;1-32H. The van der Waals surface area contributed by atoms with E-state index >= 15 is 0 Å². The van der Waals surface area contributed by atoms with Gasteiger partial charge >= 0.3 is 0 Å². The van der Waals surface area contributed by atoms with Gasteiger partial charge in [0.2, 0.25) is 0 Å². The summed E-state index contributed by atoms with van der Waals surface area (Å²) < 4.78 is 18.0. The molecule has 684 valence electrons. The van der Waals surface area contributed by atoms with Gasteiger partial charge in [0.05, 0.1) is 134 Å². The Kier molecular flexibility index (Phi) is 19.0. The highest BCUT2D eigenvalue weighted by Gasteiger charge is 2.39. The third kappa shape index (κ3) is 12.4. The zero-order chi connectivity index (χ0) is 98.0. The van der Waals surface area contributed by atoms with E-state index in [-0.39, 0.29) is 0 Å². The van der Waals surface area contributed by atoms with Gasteiger partial charge in [-0.3, -0.25) is 0 Å². The molecule has 0 radical (unpaired) electrons. The Morgan fingerprint density at radius 2 is 0.223 bits per heavy atom. The first-order valence-corrected chi connectivity index (χ1v) is 49.8. The molecule has 0 aliphatic carbocycles. The molecule has 0 spiro atoms. The molecule has 12 heteroatoms. The van der Waals surface area contributed by atoms with Crippen LogP contribution in [0, 0.1) is 45.3 Å². The van der Waals surface area contributed by atoms with Crippen LogP contribution in [0.15, 0.2) is 485 Å². The molecule has 0 N–H and O–H groups in total. The average molecular weight is 1880 g/mol. The van der Waals surface area contributed by atoms with Crippen molar-refractivity contribution in [3.05, 3.63) is 508 Å². The zero-order valence-electron chi connectivity index (χ0n) is 79.6. The molecule has 0 aliphatic heterocycles.